The molecule has 20 heavy (non-hydrogen) atoms. The SMILES string of the molecule is NNc1nnc(-c2ccc(F)cc2)c2ccccc12.O. The van der Waals surface area contributed by atoms with Crippen molar-refractivity contribution in [3.63, 3.8) is 0 Å². The molecule has 5 nitrogen and oxygen atoms in total. The lowest BCUT2D eigenvalue weighted by Crippen LogP contribution is -2.10. The highest BCUT2D eigenvalue weighted by Crippen LogP contribution is 2.29. The van der Waals surface area contributed by atoms with Gasteiger partial charge in [0.15, 0.2) is 5.82 Å². The number of hydrogen-bond acceptors (Lipinski definition) is 4. The van der Waals surface area contributed by atoms with Gasteiger partial charge in [0.25, 0.3) is 0 Å². The van der Waals surface area contributed by atoms with Crippen LogP contribution in [0.2, 0.25) is 0 Å². The van der Waals surface area contributed by atoms with Crippen molar-refractivity contribution in [1.82, 2.24) is 10.2 Å². The Balaban J connectivity index is 0.00000147. The Morgan fingerprint density at radius 2 is 1.55 bits per heavy atom. The first-order valence-electron chi connectivity index (χ1n) is 5.77. The Hall–Kier alpha value is -2.57. The molecule has 0 spiro atoms. The number of fused-ring (bicyclic) bond motifs is 1. The number of nitrogens with zero attached hydrogens (tertiary/aromatic N) is 2. The molecule has 0 aliphatic carbocycles. The van der Waals surface area contributed by atoms with E-state index < -0.39 is 0 Å². The second-order valence-electron chi connectivity index (χ2n) is 4.09. The molecule has 0 aliphatic heterocycles. The second kappa shape index (κ2) is 5.60. The minimum absolute atomic E-state index is 0. The summed E-state index contributed by atoms with van der Waals surface area (Å²) >= 11 is 0. The summed E-state index contributed by atoms with van der Waals surface area (Å²) in [6.45, 7) is 0. The Morgan fingerprint density at radius 1 is 0.900 bits per heavy atom. The molecule has 5 N–H and O–H groups in total. The van der Waals surface area contributed by atoms with E-state index in [0.29, 0.717) is 11.5 Å². The molecule has 1 heterocycles. The van der Waals surface area contributed by atoms with E-state index in [4.69, 9.17) is 5.84 Å². The maximum atomic E-state index is 13.0. The van der Waals surface area contributed by atoms with Gasteiger partial charge in [-0.1, -0.05) is 24.3 Å². The van der Waals surface area contributed by atoms with Gasteiger partial charge in [0.05, 0.1) is 0 Å². The van der Waals surface area contributed by atoms with Gasteiger partial charge >= 0.3 is 0 Å². The van der Waals surface area contributed by atoms with Gasteiger partial charge in [0, 0.05) is 16.3 Å². The van der Waals surface area contributed by atoms with E-state index in [1.165, 1.54) is 12.1 Å². The van der Waals surface area contributed by atoms with Crippen LogP contribution in [0.5, 0.6) is 0 Å². The molecule has 0 aliphatic rings. The lowest BCUT2D eigenvalue weighted by atomic mass is 10.0. The summed E-state index contributed by atoms with van der Waals surface area (Å²) in [5.74, 6) is 5.66. The van der Waals surface area contributed by atoms with E-state index in [1.54, 1.807) is 12.1 Å². The van der Waals surface area contributed by atoms with E-state index in [-0.39, 0.29) is 11.3 Å². The third-order valence-corrected chi connectivity index (χ3v) is 2.94. The molecule has 102 valence electrons. The predicted octanol–water partition coefficient (Wildman–Crippen LogP) is 1.90. The van der Waals surface area contributed by atoms with Gasteiger partial charge in [-0.2, -0.15) is 0 Å². The van der Waals surface area contributed by atoms with E-state index in [9.17, 15) is 4.39 Å². The van der Waals surface area contributed by atoms with Gasteiger partial charge in [0.2, 0.25) is 0 Å². The highest BCUT2D eigenvalue weighted by Gasteiger charge is 2.09. The normalized spacial score (nSPS) is 10.1. The number of rotatable bonds is 2. The van der Waals surface area contributed by atoms with Gasteiger partial charge in [0.1, 0.15) is 11.5 Å². The first-order valence-corrected chi connectivity index (χ1v) is 5.77. The van der Waals surface area contributed by atoms with Crippen molar-refractivity contribution in [2.75, 3.05) is 5.43 Å². The fraction of sp³-hybridized carbons (Fsp3) is 0. The Labute approximate surface area is 114 Å². The largest absolute Gasteiger partial charge is 0.412 e. The molecule has 0 fully saturated rings. The van der Waals surface area contributed by atoms with Crippen LogP contribution in [0.25, 0.3) is 22.0 Å². The zero-order valence-corrected chi connectivity index (χ0v) is 10.5. The summed E-state index contributed by atoms with van der Waals surface area (Å²) in [6.07, 6.45) is 0. The third-order valence-electron chi connectivity index (χ3n) is 2.94. The Morgan fingerprint density at radius 3 is 2.20 bits per heavy atom. The average Bonchev–Trinajstić information content (AvgIpc) is 2.47. The minimum atomic E-state index is -0.277. The zero-order valence-electron chi connectivity index (χ0n) is 10.5. The van der Waals surface area contributed by atoms with Gasteiger partial charge in [-0.05, 0) is 24.3 Å². The lowest BCUT2D eigenvalue weighted by Gasteiger charge is -2.08. The standard InChI is InChI=1S/C14H11FN4.H2O/c15-10-7-5-9(6-8-10)13-11-3-1-2-4-12(11)14(17-16)19-18-13;/h1-8H,16H2,(H,17,19);1H2. The summed E-state index contributed by atoms with van der Waals surface area (Å²) in [4.78, 5) is 0. The van der Waals surface area contributed by atoms with Gasteiger partial charge in [-0.3, -0.25) is 0 Å². The van der Waals surface area contributed by atoms with Crippen molar-refractivity contribution in [2.45, 2.75) is 0 Å². The van der Waals surface area contributed by atoms with Crippen LogP contribution in [-0.4, -0.2) is 15.7 Å². The smallest absolute Gasteiger partial charge is 0.170 e. The predicted molar refractivity (Wildman–Crippen MR) is 76.4 cm³/mol. The quantitative estimate of drug-likeness (QED) is 0.550. The van der Waals surface area contributed by atoms with Crippen LogP contribution >= 0.6 is 0 Å². The number of hydrogen-bond donors (Lipinski definition) is 2. The lowest BCUT2D eigenvalue weighted by molar-refractivity contribution is 0.628. The number of benzene rings is 2. The topological polar surface area (TPSA) is 95.3 Å². The zero-order chi connectivity index (χ0) is 13.2. The number of aromatic nitrogens is 2. The number of hydrazine groups is 1. The minimum Gasteiger partial charge on any atom is -0.412 e. The fourth-order valence-corrected chi connectivity index (χ4v) is 2.03. The van der Waals surface area contributed by atoms with Crippen LogP contribution in [0.3, 0.4) is 0 Å². The number of anilines is 1. The summed E-state index contributed by atoms with van der Waals surface area (Å²) in [6, 6.07) is 13.8. The van der Waals surface area contributed by atoms with Gasteiger partial charge in [-0.25, -0.2) is 10.2 Å². The van der Waals surface area contributed by atoms with Crippen LogP contribution in [0.15, 0.2) is 48.5 Å². The summed E-state index contributed by atoms with van der Waals surface area (Å²) in [5, 5.41) is 10.00. The molecule has 0 bridgehead atoms. The molecule has 3 rings (SSSR count). The van der Waals surface area contributed by atoms with Gasteiger partial charge < -0.3 is 10.9 Å². The molecule has 3 aromatic rings. The molecule has 0 atom stereocenters. The molecule has 0 radical (unpaired) electrons. The molecule has 0 saturated carbocycles. The van der Waals surface area contributed by atoms with Crippen molar-refractivity contribution in [2.24, 2.45) is 5.84 Å². The molecule has 2 aromatic carbocycles. The average molecular weight is 272 g/mol. The van der Waals surface area contributed by atoms with Crippen molar-refractivity contribution in [1.29, 1.82) is 0 Å². The van der Waals surface area contributed by atoms with Crippen molar-refractivity contribution in [3.05, 3.63) is 54.3 Å². The number of nitrogens with one attached hydrogen (secondary N) is 1. The summed E-state index contributed by atoms with van der Waals surface area (Å²) < 4.78 is 13.0. The van der Waals surface area contributed by atoms with E-state index in [0.717, 1.165) is 16.3 Å². The van der Waals surface area contributed by atoms with Crippen LogP contribution in [0.4, 0.5) is 10.2 Å². The van der Waals surface area contributed by atoms with Crippen molar-refractivity contribution < 1.29 is 9.87 Å². The first-order chi connectivity index (χ1) is 9.29. The van der Waals surface area contributed by atoms with Crippen molar-refractivity contribution >= 4 is 16.6 Å². The Bertz CT molecular complexity index is 731. The third kappa shape index (κ3) is 2.29. The first kappa shape index (κ1) is 13.9. The summed E-state index contributed by atoms with van der Waals surface area (Å²) in [5.41, 5.74) is 4.04. The fourth-order valence-electron chi connectivity index (χ4n) is 2.03. The van der Waals surface area contributed by atoms with Crippen LogP contribution in [0.1, 0.15) is 0 Å². The van der Waals surface area contributed by atoms with Crippen LogP contribution < -0.4 is 11.3 Å². The highest BCUT2D eigenvalue weighted by atomic mass is 19.1. The number of nitrogens with two attached hydrogens (primary N) is 1. The highest BCUT2D eigenvalue weighted by molar-refractivity contribution is 5.99. The molecular formula is C14H13FN4O. The molecular weight excluding hydrogens is 259 g/mol. The van der Waals surface area contributed by atoms with E-state index in [1.807, 2.05) is 24.3 Å². The van der Waals surface area contributed by atoms with Gasteiger partial charge in [-0.15, -0.1) is 10.2 Å². The van der Waals surface area contributed by atoms with E-state index in [2.05, 4.69) is 15.6 Å². The number of halogens is 1. The van der Waals surface area contributed by atoms with Crippen LogP contribution in [-0.2, 0) is 0 Å². The summed E-state index contributed by atoms with van der Waals surface area (Å²) in [7, 11) is 0. The molecule has 0 unspecified atom stereocenters. The molecule has 0 amide bonds. The Kier molecular flexibility index (Phi) is 3.88. The monoisotopic (exact) mass is 272 g/mol. The maximum Gasteiger partial charge on any atom is 0.170 e. The van der Waals surface area contributed by atoms with Crippen LogP contribution in [0, 0.1) is 5.82 Å². The maximum absolute atomic E-state index is 13.0. The molecule has 6 heteroatoms. The molecule has 0 saturated heterocycles. The van der Waals surface area contributed by atoms with Crippen molar-refractivity contribution in [3.8, 4) is 11.3 Å². The number of nitrogen functional groups attached to an aromatic ring is 1. The second-order valence-corrected chi connectivity index (χ2v) is 4.09. The van der Waals surface area contributed by atoms with E-state index >= 15 is 0 Å². The molecule has 1 aromatic heterocycles.